The number of halogens is 1. The topological polar surface area (TPSA) is 58.6 Å². The predicted octanol–water partition coefficient (Wildman–Crippen LogP) is 4.54. The molecule has 2 aromatic rings. The molecule has 0 aliphatic heterocycles. The maximum Gasteiger partial charge on any atom is 0.261 e. The van der Waals surface area contributed by atoms with Gasteiger partial charge in [-0.25, -0.2) is 4.39 Å². The van der Waals surface area contributed by atoms with Crippen LogP contribution >= 0.6 is 0 Å². The van der Waals surface area contributed by atoms with E-state index in [1.54, 1.807) is 12.1 Å². The SMILES string of the molecule is CCC(C(=O)NC(C)(C)C)N(Cc1ccc(F)cc1)C(=O)COc1cc(C)cc(C)c1. The van der Waals surface area contributed by atoms with Crippen molar-refractivity contribution in [2.75, 3.05) is 6.61 Å². The van der Waals surface area contributed by atoms with E-state index in [2.05, 4.69) is 5.32 Å². The Labute approximate surface area is 184 Å². The highest BCUT2D eigenvalue weighted by molar-refractivity contribution is 5.88. The highest BCUT2D eigenvalue weighted by Gasteiger charge is 2.30. The summed E-state index contributed by atoms with van der Waals surface area (Å²) in [5.74, 6) is -0.270. The smallest absolute Gasteiger partial charge is 0.261 e. The molecule has 0 fully saturated rings. The van der Waals surface area contributed by atoms with Crippen LogP contribution in [0.4, 0.5) is 4.39 Å². The minimum atomic E-state index is -0.667. The Balaban J connectivity index is 2.24. The molecule has 0 aromatic heterocycles. The first-order valence-corrected chi connectivity index (χ1v) is 10.6. The Bertz CT molecular complexity index is 884. The molecule has 1 unspecified atom stereocenters. The Morgan fingerprint density at radius 2 is 1.65 bits per heavy atom. The summed E-state index contributed by atoms with van der Waals surface area (Å²) in [5, 5.41) is 2.96. The number of amides is 2. The summed E-state index contributed by atoms with van der Waals surface area (Å²) in [6, 6.07) is 11.0. The van der Waals surface area contributed by atoms with Crippen molar-refractivity contribution in [1.29, 1.82) is 0 Å². The summed E-state index contributed by atoms with van der Waals surface area (Å²) in [6.07, 6.45) is 0.443. The third-order valence-corrected chi connectivity index (χ3v) is 4.71. The minimum Gasteiger partial charge on any atom is -0.484 e. The van der Waals surface area contributed by atoms with E-state index >= 15 is 0 Å². The van der Waals surface area contributed by atoms with Crippen molar-refractivity contribution < 1.29 is 18.7 Å². The Morgan fingerprint density at radius 1 is 1.06 bits per heavy atom. The zero-order valence-corrected chi connectivity index (χ0v) is 19.3. The van der Waals surface area contributed by atoms with Crippen molar-refractivity contribution in [2.24, 2.45) is 0 Å². The van der Waals surface area contributed by atoms with E-state index in [1.807, 2.05) is 59.7 Å². The molecule has 2 aromatic carbocycles. The van der Waals surface area contributed by atoms with Crippen LogP contribution in [-0.2, 0) is 16.1 Å². The Hall–Kier alpha value is -2.89. The van der Waals surface area contributed by atoms with Gasteiger partial charge >= 0.3 is 0 Å². The quantitative estimate of drug-likeness (QED) is 0.671. The molecule has 168 valence electrons. The number of nitrogens with zero attached hydrogens (tertiary/aromatic N) is 1. The van der Waals surface area contributed by atoms with Crippen LogP contribution in [-0.4, -0.2) is 34.9 Å². The van der Waals surface area contributed by atoms with Crippen LogP contribution in [0.15, 0.2) is 42.5 Å². The Morgan fingerprint density at radius 3 is 2.16 bits per heavy atom. The van der Waals surface area contributed by atoms with Gasteiger partial charge in [0.2, 0.25) is 5.91 Å². The summed E-state index contributed by atoms with van der Waals surface area (Å²) in [7, 11) is 0. The van der Waals surface area contributed by atoms with Gasteiger partial charge in [0.1, 0.15) is 17.6 Å². The van der Waals surface area contributed by atoms with Gasteiger partial charge in [0.25, 0.3) is 5.91 Å². The summed E-state index contributed by atoms with van der Waals surface area (Å²) < 4.78 is 19.1. The standard InChI is InChI=1S/C25H33FN2O3/c1-7-22(24(30)27-25(4,5)6)28(15-19-8-10-20(26)11-9-19)23(29)16-31-21-13-17(2)12-18(3)14-21/h8-14,22H,7,15-16H2,1-6H3,(H,27,30). The first-order valence-electron chi connectivity index (χ1n) is 10.6. The highest BCUT2D eigenvalue weighted by atomic mass is 19.1. The molecule has 2 rings (SSSR count). The van der Waals surface area contributed by atoms with Crippen LogP contribution in [0.25, 0.3) is 0 Å². The lowest BCUT2D eigenvalue weighted by molar-refractivity contribution is -0.143. The normalized spacial score (nSPS) is 12.2. The van der Waals surface area contributed by atoms with Crippen LogP contribution in [0.3, 0.4) is 0 Å². The highest BCUT2D eigenvalue weighted by Crippen LogP contribution is 2.18. The van der Waals surface area contributed by atoms with Gasteiger partial charge in [-0.05, 0) is 82.0 Å². The first kappa shape index (κ1) is 24.4. The second kappa shape index (κ2) is 10.4. The predicted molar refractivity (Wildman–Crippen MR) is 120 cm³/mol. The summed E-state index contributed by atoms with van der Waals surface area (Å²) in [5.41, 5.74) is 2.40. The molecular formula is C25H33FN2O3. The Kier molecular flexibility index (Phi) is 8.20. The van der Waals surface area contributed by atoms with E-state index in [4.69, 9.17) is 4.74 Å². The zero-order valence-electron chi connectivity index (χ0n) is 19.3. The number of aryl methyl sites for hydroxylation is 2. The molecule has 0 heterocycles. The first-order chi connectivity index (χ1) is 14.5. The summed E-state index contributed by atoms with van der Waals surface area (Å²) >= 11 is 0. The fourth-order valence-electron chi connectivity index (χ4n) is 3.40. The summed E-state index contributed by atoms with van der Waals surface area (Å²) in [4.78, 5) is 27.6. The fraction of sp³-hybridized carbons (Fsp3) is 0.440. The minimum absolute atomic E-state index is 0.186. The molecule has 0 spiro atoms. The molecule has 6 heteroatoms. The van der Waals surface area contributed by atoms with Gasteiger partial charge in [-0.3, -0.25) is 9.59 Å². The van der Waals surface area contributed by atoms with E-state index in [-0.39, 0.29) is 30.8 Å². The third kappa shape index (κ3) is 7.70. The molecule has 5 nitrogen and oxygen atoms in total. The molecule has 1 atom stereocenters. The lowest BCUT2D eigenvalue weighted by Gasteiger charge is -2.33. The average molecular weight is 429 g/mol. The van der Waals surface area contributed by atoms with Gasteiger partial charge in [-0.15, -0.1) is 0 Å². The monoisotopic (exact) mass is 428 g/mol. The maximum absolute atomic E-state index is 13.3. The second-order valence-electron chi connectivity index (χ2n) is 8.92. The fourth-order valence-corrected chi connectivity index (χ4v) is 3.40. The maximum atomic E-state index is 13.3. The van der Waals surface area contributed by atoms with Gasteiger partial charge in [0.05, 0.1) is 0 Å². The van der Waals surface area contributed by atoms with Crippen molar-refractivity contribution in [2.45, 2.75) is 66.1 Å². The number of carbonyl (C=O) groups excluding carboxylic acids is 2. The van der Waals surface area contributed by atoms with Crippen LogP contribution in [0, 0.1) is 19.7 Å². The van der Waals surface area contributed by atoms with E-state index in [1.165, 1.54) is 17.0 Å². The van der Waals surface area contributed by atoms with Crippen molar-refractivity contribution in [3.63, 3.8) is 0 Å². The van der Waals surface area contributed by atoms with Crippen LogP contribution in [0.2, 0.25) is 0 Å². The largest absolute Gasteiger partial charge is 0.484 e. The number of nitrogens with one attached hydrogen (secondary N) is 1. The third-order valence-electron chi connectivity index (χ3n) is 4.71. The molecule has 0 bridgehead atoms. The van der Waals surface area contributed by atoms with Gasteiger partial charge in [-0.1, -0.05) is 25.1 Å². The van der Waals surface area contributed by atoms with Gasteiger partial charge in [-0.2, -0.15) is 0 Å². The molecule has 0 saturated carbocycles. The zero-order chi connectivity index (χ0) is 23.2. The van der Waals surface area contributed by atoms with Crippen molar-refractivity contribution in [3.05, 3.63) is 65.0 Å². The molecule has 0 aliphatic carbocycles. The lowest BCUT2D eigenvalue weighted by atomic mass is 10.1. The number of carbonyl (C=O) groups is 2. The molecule has 1 N–H and O–H groups in total. The van der Waals surface area contributed by atoms with Crippen molar-refractivity contribution in [1.82, 2.24) is 10.2 Å². The van der Waals surface area contributed by atoms with Crippen LogP contribution in [0.1, 0.15) is 50.8 Å². The van der Waals surface area contributed by atoms with Gasteiger partial charge < -0.3 is 15.0 Å². The molecule has 2 amide bonds. The van der Waals surface area contributed by atoms with E-state index in [9.17, 15) is 14.0 Å². The number of ether oxygens (including phenoxy) is 1. The van der Waals surface area contributed by atoms with Crippen molar-refractivity contribution >= 4 is 11.8 Å². The van der Waals surface area contributed by atoms with Crippen LogP contribution in [0.5, 0.6) is 5.75 Å². The summed E-state index contributed by atoms with van der Waals surface area (Å²) in [6.45, 7) is 11.5. The van der Waals surface area contributed by atoms with E-state index in [0.717, 1.165) is 16.7 Å². The van der Waals surface area contributed by atoms with Crippen LogP contribution < -0.4 is 10.1 Å². The number of benzene rings is 2. The number of hydrogen-bond donors (Lipinski definition) is 1. The van der Waals surface area contributed by atoms with E-state index < -0.39 is 11.6 Å². The molecule has 0 aliphatic rings. The number of hydrogen-bond acceptors (Lipinski definition) is 3. The number of rotatable bonds is 8. The van der Waals surface area contributed by atoms with Crippen molar-refractivity contribution in [3.8, 4) is 5.75 Å². The van der Waals surface area contributed by atoms with E-state index in [0.29, 0.717) is 12.2 Å². The molecule has 31 heavy (non-hydrogen) atoms. The second-order valence-corrected chi connectivity index (χ2v) is 8.92. The lowest BCUT2D eigenvalue weighted by Crippen LogP contribution is -2.54. The average Bonchev–Trinajstić information content (AvgIpc) is 2.65. The van der Waals surface area contributed by atoms with Gasteiger partial charge in [0, 0.05) is 12.1 Å². The molecule has 0 radical (unpaired) electrons. The molecule has 0 saturated heterocycles. The van der Waals surface area contributed by atoms with Gasteiger partial charge in [0.15, 0.2) is 6.61 Å². The molecular weight excluding hydrogens is 395 g/mol.